The Morgan fingerprint density at radius 3 is 1.88 bits per heavy atom. The van der Waals surface area contributed by atoms with Gasteiger partial charge in [0.25, 0.3) is 0 Å². The van der Waals surface area contributed by atoms with E-state index in [1.54, 1.807) is 0 Å². The predicted molar refractivity (Wildman–Crippen MR) is 231 cm³/mol. The molecule has 0 saturated heterocycles. The van der Waals surface area contributed by atoms with Crippen molar-refractivity contribution < 1.29 is 0 Å². The molecular formula is C50H36N6. The van der Waals surface area contributed by atoms with Crippen molar-refractivity contribution in [2.45, 2.75) is 13.8 Å². The highest BCUT2D eigenvalue weighted by atomic mass is 15.2. The number of pyridine rings is 1. The number of aromatic nitrogens is 5. The van der Waals surface area contributed by atoms with Gasteiger partial charge in [-0.25, -0.2) is 9.97 Å². The van der Waals surface area contributed by atoms with Gasteiger partial charge < -0.3 is 4.90 Å². The molecule has 0 fully saturated rings. The van der Waals surface area contributed by atoms with Gasteiger partial charge in [0.2, 0.25) is 5.95 Å². The minimum absolute atomic E-state index is 0.852. The molecular weight excluding hydrogens is 685 g/mol. The van der Waals surface area contributed by atoms with Gasteiger partial charge in [0.15, 0.2) is 0 Å². The van der Waals surface area contributed by atoms with E-state index >= 15 is 0 Å². The molecule has 4 aromatic heterocycles. The summed E-state index contributed by atoms with van der Waals surface area (Å²) in [6.45, 7) is 4.33. The molecule has 0 aliphatic heterocycles. The second-order valence-corrected chi connectivity index (χ2v) is 14.5. The zero-order chi connectivity index (χ0) is 37.3. The van der Waals surface area contributed by atoms with Crippen molar-refractivity contribution in [2.75, 3.05) is 4.90 Å². The van der Waals surface area contributed by atoms with Crippen molar-refractivity contribution in [1.29, 1.82) is 0 Å². The van der Waals surface area contributed by atoms with Crippen LogP contribution in [0.25, 0.3) is 72.0 Å². The molecule has 56 heavy (non-hydrogen) atoms. The highest BCUT2D eigenvalue weighted by Crippen LogP contribution is 2.42. The van der Waals surface area contributed by atoms with E-state index in [2.05, 4.69) is 202 Å². The number of fused-ring (bicyclic) bond motifs is 9. The predicted octanol–water partition coefficient (Wildman–Crippen LogP) is 12.7. The first kappa shape index (κ1) is 32.0. The third-order valence-corrected chi connectivity index (χ3v) is 11.2. The average Bonchev–Trinajstić information content (AvgIpc) is 3.98. The fraction of sp³-hybridized carbons (Fsp3) is 0.0400. The molecule has 6 nitrogen and oxygen atoms in total. The number of anilines is 3. The van der Waals surface area contributed by atoms with Crippen molar-refractivity contribution in [3.63, 3.8) is 0 Å². The van der Waals surface area contributed by atoms with E-state index in [1.807, 2.05) is 12.4 Å². The van der Waals surface area contributed by atoms with E-state index in [-0.39, 0.29) is 0 Å². The van der Waals surface area contributed by atoms with Crippen LogP contribution in [0, 0.1) is 13.8 Å². The molecule has 7 aromatic carbocycles. The Bertz CT molecular complexity index is 3260. The van der Waals surface area contributed by atoms with Crippen molar-refractivity contribution in [1.82, 2.24) is 23.5 Å². The molecule has 0 N–H and O–H groups in total. The van der Waals surface area contributed by atoms with E-state index in [0.717, 1.165) is 67.5 Å². The summed E-state index contributed by atoms with van der Waals surface area (Å²) in [7, 11) is 0. The Balaban J connectivity index is 1.16. The Morgan fingerprint density at radius 2 is 1.11 bits per heavy atom. The number of aryl methyl sites for hydroxylation is 2. The summed E-state index contributed by atoms with van der Waals surface area (Å²) in [5.74, 6) is 0.852. The minimum Gasteiger partial charge on any atom is -0.310 e. The first-order valence-electron chi connectivity index (χ1n) is 19.0. The highest BCUT2D eigenvalue weighted by Gasteiger charge is 2.22. The zero-order valence-electron chi connectivity index (χ0n) is 31.0. The summed E-state index contributed by atoms with van der Waals surface area (Å²) in [5, 5.41) is 5.81. The maximum Gasteiger partial charge on any atom is 0.219 e. The molecule has 0 spiro atoms. The largest absolute Gasteiger partial charge is 0.310 e. The standard InChI is InChI=1S/C50H36N6/c1-33-14-13-15-34(2)48(33)53-29-28-51-50(53)56-45-23-12-10-21-41(45)42-27-25-38(31-46(42)56)54(36-18-7-4-8-19-36)37-24-26-39-40-20-9-11-22-44(40)55-47(35-16-5-3-6-17-35)32-52-49(55)43(39)30-37/h3-32H,1-2H3. The number of benzene rings is 7. The summed E-state index contributed by atoms with van der Waals surface area (Å²) in [5.41, 5.74) is 13.2. The third kappa shape index (κ3) is 4.82. The van der Waals surface area contributed by atoms with E-state index in [1.165, 1.54) is 32.7 Å². The Hall–Kier alpha value is -7.44. The lowest BCUT2D eigenvalue weighted by Crippen LogP contribution is -2.11. The van der Waals surface area contributed by atoms with Crippen LogP contribution in [0.1, 0.15) is 11.1 Å². The summed E-state index contributed by atoms with van der Waals surface area (Å²) in [4.78, 5) is 12.5. The van der Waals surface area contributed by atoms with Crippen LogP contribution in [0.2, 0.25) is 0 Å². The van der Waals surface area contributed by atoms with Crippen LogP contribution in [0.5, 0.6) is 0 Å². The lowest BCUT2D eigenvalue weighted by atomic mass is 10.0. The summed E-state index contributed by atoms with van der Waals surface area (Å²) < 4.78 is 6.85. The van der Waals surface area contributed by atoms with Crippen molar-refractivity contribution in [3.05, 3.63) is 194 Å². The van der Waals surface area contributed by atoms with Gasteiger partial charge in [-0.3, -0.25) is 13.5 Å². The number of imidazole rings is 2. The zero-order valence-corrected chi connectivity index (χ0v) is 31.0. The molecule has 0 atom stereocenters. The average molecular weight is 721 g/mol. The number of para-hydroxylation sites is 4. The molecule has 0 saturated carbocycles. The normalized spacial score (nSPS) is 11.8. The molecule has 6 heteroatoms. The van der Waals surface area contributed by atoms with Gasteiger partial charge in [0.05, 0.1) is 34.1 Å². The van der Waals surface area contributed by atoms with Gasteiger partial charge >= 0.3 is 0 Å². The molecule has 0 radical (unpaired) electrons. The number of hydrogen-bond acceptors (Lipinski definition) is 3. The van der Waals surface area contributed by atoms with E-state index < -0.39 is 0 Å². The first-order valence-corrected chi connectivity index (χ1v) is 19.0. The van der Waals surface area contributed by atoms with Crippen LogP contribution < -0.4 is 4.90 Å². The van der Waals surface area contributed by atoms with Crippen LogP contribution in [0.3, 0.4) is 0 Å². The van der Waals surface area contributed by atoms with Crippen molar-refractivity contribution in [3.8, 4) is 22.9 Å². The maximum atomic E-state index is 5.10. The second kappa shape index (κ2) is 12.6. The molecule has 4 heterocycles. The highest BCUT2D eigenvalue weighted by molar-refractivity contribution is 6.14. The summed E-state index contributed by atoms with van der Waals surface area (Å²) >= 11 is 0. The van der Waals surface area contributed by atoms with Gasteiger partial charge in [-0.15, -0.1) is 0 Å². The molecule has 11 rings (SSSR count). The van der Waals surface area contributed by atoms with Crippen molar-refractivity contribution in [2.24, 2.45) is 0 Å². The van der Waals surface area contributed by atoms with E-state index in [9.17, 15) is 0 Å². The van der Waals surface area contributed by atoms with Gasteiger partial charge in [-0.1, -0.05) is 115 Å². The topological polar surface area (TPSA) is 43.3 Å². The van der Waals surface area contributed by atoms with Gasteiger partial charge in [-0.2, -0.15) is 0 Å². The molecule has 0 unspecified atom stereocenters. The number of rotatable bonds is 6. The quantitative estimate of drug-likeness (QED) is 0.161. The lowest BCUT2D eigenvalue weighted by Gasteiger charge is -2.26. The number of nitrogens with zero attached hydrogens (tertiary/aromatic N) is 6. The van der Waals surface area contributed by atoms with Gasteiger partial charge in [0.1, 0.15) is 5.65 Å². The van der Waals surface area contributed by atoms with Crippen LogP contribution in [-0.4, -0.2) is 23.5 Å². The Labute approximate surface area is 323 Å². The fourth-order valence-corrected chi connectivity index (χ4v) is 8.74. The first-order chi connectivity index (χ1) is 27.6. The minimum atomic E-state index is 0.852. The van der Waals surface area contributed by atoms with Crippen molar-refractivity contribution >= 4 is 66.2 Å². The molecule has 0 bridgehead atoms. The number of hydrogen-bond donors (Lipinski definition) is 0. The SMILES string of the molecule is Cc1cccc(C)c1-n1ccnc1-n1c2ccccc2c2ccc(N(c3ccccc3)c3ccc4c5ccccc5n5c(-c6ccccc6)cnc5c4c3)cc21. The van der Waals surface area contributed by atoms with Crippen LogP contribution in [0.4, 0.5) is 17.1 Å². The molecule has 11 aromatic rings. The summed E-state index contributed by atoms with van der Waals surface area (Å²) in [6, 6.07) is 58.5. The molecule has 0 aliphatic carbocycles. The van der Waals surface area contributed by atoms with Crippen LogP contribution in [-0.2, 0) is 0 Å². The van der Waals surface area contributed by atoms with E-state index in [4.69, 9.17) is 9.97 Å². The molecule has 0 aliphatic rings. The molecule has 266 valence electrons. The maximum absolute atomic E-state index is 5.10. The van der Waals surface area contributed by atoms with E-state index in [0.29, 0.717) is 0 Å². The second-order valence-electron chi connectivity index (χ2n) is 14.5. The fourth-order valence-electron chi connectivity index (χ4n) is 8.74. The summed E-state index contributed by atoms with van der Waals surface area (Å²) in [6.07, 6.45) is 5.98. The Kier molecular flexibility index (Phi) is 7.19. The molecule has 0 amide bonds. The van der Waals surface area contributed by atoms with Gasteiger partial charge in [-0.05, 0) is 78.9 Å². The smallest absolute Gasteiger partial charge is 0.219 e. The Morgan fingerprint density at radius 1 is 0.482 bits per heavy atom. The third-order valence-electron chi connectivity index (χ3n) is 11.2. The van der Waals surface area contributed by atoms with Crippen LogP contribution >= 0.6 is 0 Å². The van der Waals surface area contributed by atoms with Crippen LogP contribution in [0.15, 0.2) is 182 Å². The lowest BCUT2D eigenvalue weighted by molar-refractivity contribution is 0.924. The van der Waals surface area contributed by atoms with Gasteiger partial charge in [0, 0.05) is 56.6 Å². The monoisotopic (exact) mass is 720 g/mol.